The van der Waals surface area contributed by atoms with E-state index in [0.717, 1.165) is 24.6 Å². The van der Waals surface area contributed by atoms with Gasteiger partial charge in [-0.1, -0.05) is 6.92 Å². The average molecular weight is 212 g/mol. The van der Waals surface area contributed by atoms with Crippen LogP contribution >= 0.6 is 11.3 Å². The number of anilines is 1. The summed E-state index contributed by atoms with van der Waals surface area (Å²) in [6.07, 6.45) is 2.98. The van der Waals surface area contributed by atoms with Crippen LogP contribution in [0.4, 0.5) is 5.13 Å². The third-order valence-corrected chi connectivity index (χ3v) is 3.53. The molecule has 0 radical (unpaired) electrons. The van der Waals surface area contributed by atoms with E-state index in [0.29, 0.717) is 18.4 Å². The maximum Gasteiger partial charge on any atom is 0.185 e. The predicted molar refractivity (Wildman–Crippen MR) is 58.7 cm³/mol. The molecule has 2 rings (SSSR count). The Morgan fingerprint density at radius 1 is 1.64 bits per heavy atom. The van der Waals surface area contributed by atoms with Gasteiger partial charge in [0.1, 0.15) is 0 Å². The van der Waals surface area contributed by atoms with Crippen LogP contribution in [-0.2, 0) is 0 Å². The third kappa shape index (κ3) is 2.07. The smallest absolute Gasteiger partial charge is 0.185 e. The summed E-state index contributed by atoms with van der Waals surface area (Å²) in [6, 6.07) is 0. The van der Waals surface area contributed by atoms with Gasteiger partial charge in [-0.2, -0.15) is 0 Å². The molecule has 2 heterocycles. The SMILES string of the molecule is CC1CC(CO)CN(c2nccs2)C1. The van der Waals surface area contributed by atoms with Crippen molar-refractivity contribution in [2.45, 2.75) is 13.3 Å². The van der Waals surface area contributed by atoms with Gasteiger partial charge in [0.25, 0.3) is 0 Å². The van der Waals surface area contributed by atoms with Crippen molar-refractivity contribution >= 4 is 16.5 Å². The number of thiazole rings is 1. The van der Waals surface area contributed by atoms with E-state index >= 15 is 0 Å². The minimum atomic E-state index is 0.298. The van der Waals surface area contributed by atoms with E-state index in [9.17, 15) is 5.11 Å². The molecular weight excluding hydrogens is 196 g/mol. The first-order chi connectivity index (χ1) is 6.79. The van der Waals surface area contributed by atoms with Crippen molar-refractivity contribution in [3.63, 3.8) is 0 Å². The normalized spacial score (nSPS) is 28.0. The molecule has 2 unspecified atom stereocenters. The van der Waals surface area contributed by atoms with Crippen LogP contribution in [0.2, 0.25) is 0 Å². The van der Waals surface area contributed by atoms with Crippen molar-refractivity contribution in [3.8, 4) is 0 Å². The molecule has 0 spiro atoms. The van der Waals surface area contributed by atoms with Crippen LogP contribution in [-0.4, -0.2) is 29.8 Å². The van der Waals surface area contributed by atoms with Crippen LogP contribution in [0.25, 0.3) is 0 Å². The van der Waals surface area contributed by atoms with Crippen molar-refractivity contribution in [3.05, 3.63) is 11.6 Å². The van der Waals surface area contributed by atoms with Gasteiger partial charge in [-0.3, -0.25) is 0 Å². The maximum absolute atomic E-state index is 9.18. The molecule has 1 aliphatic rings. The average Bonchev–Trinajstić information content (AvgIpc) is 2.69. The van der Waals surface area contributed by atoms with Crippen LogP contribution in [0, 0.1) is 11.8 Å². The third-order valence-electron chi connectivity index (χ3n) is 2.69. The van der Waals surface area contributed by atoms with Gasteiger partial charge in [0.05, 0.1) is 0 Å². The number of aliphatic hydroxyl groups excluding tert-OH is 1. The summed E-state index contributed by atoms with van der Waals surface area (Å²) in [5, 5.41) is 12.3. The fraction of sp³-hybridized carbons (Fsp3) is 0.700. The second kappa shape index (κ2) is 4.28. The summed E-state index contributed by atoms with van der Waals surface area (Å²) in [6.45, 7) is 4.56. The Bertz CT molecular complexity index is 276. The lowest BCUT2D eigenvalue weighted by Crippen LogP contribution is -2.40. The second-order valence-electron chi connectivity index (χ2n) is 4.11. The fourth-order valence-electron chi connectivity index (χ4n) is 2.14. The lowest BCUT2D eigenvalue weighted by molar-refractivity contribution is 0.189. The molecule has 0 amide bonds. The van der Waals surface area contributed by atoms with E-state index in [1.54, 1.807) is 11.3 Å². The van der Waals surface area contributed by atoms with Gasteiger partial charge >= 0.3 is 0 Å². The Morgan fingerprint density at radius 3 is 3.14 bits per heavy atom. The quantitative estimate of drug-likeness (QED) is 0.809. The highest BCUT2D eigenvalue weighted by atomic mass is 32.1. The Hall–Kier alpha value is -0.610. The van der Waals surface area contributed by atoms with Crippen molar-refractivity contribution in [2.24, 2.45) is 11.8 Å². The highest BCUT2D eigenvalue weighted by Gasteiger charge is 2.25. The molecule has 0 aromatic carbocycles. The van der Waals surface area contributed by atoms with Gasteiger partial charge in [0.2, 0.25) is 0 Å². The molecule has 2 atom stereocenters. The van der Waals surface area contributed by atoms with Gasteiger partial charge in [-0.05, 0) is 18.3 Å². The first-order valence-corrected chi connectivity index (χ1v) is 5.93. The first-order valence-electron chi connectivity index (χ1n) is 5.05. The highest BCUT2D eigenvalue weighted by molar-refractivity contribution is 7.13. The maximum atomic E-state index is 9.18. The first kappa shape index (κ1) is 9.93. The van der Waals surface area contributed by atoms with Gasteiger partial charge in [-0.25, -0.2) is 4.98 Å². The summed E-state index contributed by atoms with van der Waals surface area (Å²) >= 11 is 1.68. The van der Waals surface area contributed by atoms with Gasteiger partial charge < -0.3 is 10.0 Å². The van der Waals surface area contributed by atoms with Crippen LogP contribution in [0.15, 0.2) is 11.6 Å². The molecule has 4 heteroatoms. The molecule has 1 fully saturated rings. The zero-order valence-corrected chi connectivity index (χ0v) is 9.20. The summed E-state index contributed by atoms with van der Waals surface area (Å²) in [5.74, 6) is 1.08. The van der Waals surface area contributed by atoms with Gasteiger partial charge in [0.15, 0.2) is 5.13 Å². The number of hydrogen-bond donors (Lipinski definition) is 1. The predicted octanol–water partition coefficient (Wildman–Crippen LogP) is 1.60. The van der Waals surface area contributed by atoms with Crippen LogP contribution in [0.3, 0.4) is 0 Å². The van der Waals surface area contributed by atoms with Gasteiger partial charge in [-0.15, -0.1) is 11.3 Å². The zero-order valence-electron chi connectivity index (χ0n) is 8.39. The van der Waals surface area contributed by atoms with E-state index in [4.69, 9.17) is 0 Å². The van der Waals surface area contributed by atoms with E-state index in [-0.39, 0.29) is 0 Å². The molecule has 78 valence electrons. The largest absolute Gasteiger partial charge is 0.396 e. The summed E-state index contributed by atoms with van der Waals surface area (Å²) in [7, 11) is 0. The Kier molecular flexibility index (Phi) is 3.03. The Morgan fingerprint density at radius 2 is 2.50 bits per heavy atom. The molecule has 1 aromatic heterocycles. The number of piperidine rings is 1. The zero-order chi connectivity index (χ0) is 9.97. The number of hydrogen-bond acceptors (Lipinski definition) is 4. The molecule has 1 N–H and O–H groups in total. The molecule has 1 saturated heterocycles. The van der Waals surface area contributed by atoms with E-state index in [1.165, 1.54) is 0 Å². The highest BCUT2D eigenvalue weighted by Crippen LogP contribution is 2.27. The Balaban J connectivity index is 2.05. The molecule has 14 heavy (non-hydrogen) atoms. The lowest BCUT2D eigenvalue weighted by atomic mass is 9.91. The van der Waals surface area contributed by atoms with Crippen LogP contribution in [0.5, 0.6) is 0 Å². The fourth-order valence-corrected chi connectivity index (χ4v) is 2.80. The molecule has 0 saturated carbocycles. The standard InChI is InChI=1S/C10H16N2OS/c1-8-4-9(7-13)6-12(5-8)10-11-2-3-14-10/h2-3,8-9,13H,4-7H2,1H3. The van der Waals surface area contributed by atoms with Crippen molar-refractivity contribution in [2.75, 3.05) is 24.6 Å². The monoisotopic (exact) mass is 212 g/mol. The van der Waals surface area contributed by atoms with E-state index in [2.05, 4.69) is 16.8 Å². The van der Waals surface area contributed by atoms with Crippen LogP contribution in [0.1, 0.15) is 13.3 Å². The van der Waals surface area contributed by atoms with Crippen LogP contribution < -0.4 is 4.90 Å². The van der Waals surface area contributed by atoms with Gasteiger partial charge in [0, 0.05) is 31.3 Å². The second-order valence-corrected chi connectivity index (χ2v) is 4.98. The summed E-state index contributed by atoms with van der Waals surface area (Å²) in [4.78, 5) is 6.60. The van der Waals surface area contributed by atoms with E-state index < -0.39 is 0 Å². The summed E-state index contributed by atoms with van der Waals surface area (Å²) in [5.41, 5.74) is 0. The number of aromatic nitrogens is 1. The van der Waals surface area contributed by atoms with Crippen molar-refractivity contribution < 1.29 is 5.11 Å². The number of nitrogens with zero attached hydrogens (tertiary/aromatic N) is 2. The summed E-state index contributed by atoms with van der Waals surface area (Å²) < 4.78 is 0. The van der Waals surface area contributed by atoms with E-state index in [1.807, 2.05) is 11.6 Å². The number of rotatable bonds is 2. The molecule has 1 aromatic rings. The topological polar surface area (TPSA) is 36.4 Å². The molecule has 0 bridgehead atoms. The minimum absolute atomic E-state index is 0.298. The molecule has 0 aliphatic carbocycles. The lowest BCUT2D eigenvalue weighted by Gasteiger charge is -2.35. The molecular formula is C10H16N2OS. The Labute approximate surface area is 88.4 Å². The number of aliphatic hydroxyl groups is 1. The van der Waals surface area contributed by atoms with Crippen molar-refractivity contribution in [1.82, 2.24) is 4.98 Å². The minimum Gasteiger partial charge on any atom is -0.396 e. The molecule has 3 nitrogen and oxygen atoms in total. The molecule has 1 aliphatic heterocycles. The van der Waals surface area contributed by atoms with Crippen molar-refractivity contribution in [1.29, 1.82) is 0 Å².